The Morgan fingerprint density at radius 1 is 0.917 bits per heavy atom. The second-order valence-corrected chi connectivity index (χ2v) is 5.80. The predicted octanol–water partition coefficient (Wildman–Crippen LogP) is 4.04. The summed E-state index contributed by atoms with van der Waals surface area (Å²) < 4.78 is 37.7. The second kappa shape index (κ2) is 6.95. The van der Waals surface area contributed by atoms with E-state index in [0.717, 1.165) is 17.8 Å². The quantitative estimate of drug-likeness (QED) is 0.841. The van der Waals surface area contributed by atoms with E-state index in [0.29, 0.717) is 11.1 Å². The molecule has 0 saturated heterocycles. The Bertz CT molecular complexity index is 692. The molecule has 24 heavy (non-hydrogen) atoms. The van der Waals surface area contributed by atoms with Gasteiger partial charge in [0.15, 0.2) is 0 Å². The van der Waals surface area contributed by atoms with Gasteiger partial charge in [0.25, 0.3) is 5.91 Å². The van der Waals surface area contributed by atoms with Crippen molar-refractivity contribution >= 4 is 11.6 Å². The van der Waals surface area contributed by atoms with Crippen LogP contribution in [0.4, 0.5) is 18.9 Å². The van der Waals surface area contributed by atoms with E-state index in [9.17, 15) is 18.0 Å². The summed E-state index contributed by atoms with van der Waals surface area (Å²) in [5, 5.41) is 0. The van der Waals surface area contributed by atoms with Gasteiger partial charge in [0.1, 0.15) is 0 Å². The minimum absolute atomic E-state index is 0.180. The highest BCUT2D eigenvalue weighted by Crippen LogP contribution is 2.29. The Labute approximate surface area is 139 Å². The number of hydrogen-bond donors (Lipinski definition) is 0. The van der Waals surface area contributed by atoms with E-state index < -0.39 is 11.7 Å². The lowest BCUT2D eigenvalue weighted by Gasteiger charge is -2.19. The molecular formula is C18H19F3N2O. The lowest BCUT2D eigenvalue weighted by molar-refractivity contribution is -0.137. The number of benzene rings is 2. The molecule has 0 spiro atoms. The third-order valence-corrected chi connectivity index (χ3v) is 3.68. The molecule has 2 rings (SSSR count). The average Bonchev–Trinajstić information content (AvgIpc) is 2.54. The number of rotatable bonds is 4. The number of amides is 1. The van der Waals surface area contributed by atoms with Crippen molar-refractivity contribution in [1.29, 1.82) is 0 Å². The normalized spacial score (nSPS) is 11.2. The molecule has 2 aromatic carbocycles. The molecule has 128 valence electrons. The Morgan fingerprint density at radius 3 is 1.92 bits per heavy atom. The fourth-order valence-corrected chi connectivity index (χ4v) is 2.27. The molecule has 3 nitrogen and oxygen atoms in total. The van der Waals surface area contributed by atoms with Gasteiger partial charge in [0.05, 0.1) is 5.56 Å². The zero-order chi connectivity index (χ0) is 17.9. The summed E-state index contributed by atoms with van der Waals surface area (Å²) in [6, 6.07) is 12.0. The standard InChI is InChI=1S/C18H19F3N2O/c1-22(2)16-10-6-14(7-11-16)17(24)23(3)12-13-4-8-15(9-5-13)18(19,20)21/h4-11H,12H2,1-3H3. The van der Waals surface area contributed by atoms with E-state index >= 15 is 0 Å². The van der Waals surface area contributed by atoms with Crippen LogP contribution < -0.4 is 4.90 Å². The van der Waals surface area contributed by atoms with Crippen LogP contribution in [-0.4, -0.2) is 32.0 Å². The minimum Gasteiger partial charge on any atom is -0.378 e. The van der Waals surface area contributed by atoms with Gasteiger partial charge >= 0.3 is 6.18 Å². The Balaban J connectivity index is 2.06. The van der Waals surface area contributed by atoms with Gasteiger partial charge in [-0.3, -0.25) is 4.79 Å². The molecule has 0 heterocycles. The molecule has 0 atom stereocenters. The highest BCUT2D eigenvalue weighted by atomic mass is 19.4. The van der Waals surface area contributed by atoms with E-state index in [4.69, 9.17) is 0 Å². The van der Waals surface area contributed by atoms with E-state index in [2.05, 4.69) is 0 Å². The molecule has 0 aliphatic carbocycles. The van der Waals surface area contributed by atoms with Gasteiger partial charge in [0.2, 0.25) is 0 Å². The van der Waals surface area contributed by atoms with Crippen molar-refractivity contribution in [3.63, 3.8) is 0 Å². The number of hydrogen-bond acceptors (Lipinski definition) is 2. The molecule has 0 fully saturated rings. The molecule has 0 aliphatic rings. The van der Waals surface area contributed by atoms with Gasteiger partial charge in [0, 0.05) is 38.9 Å². The monoisotopic (exact) mass is 336 g/mol. The van der Waals surface area contributed by atoms with Crippen molar-refractivity contribution in [1.82, 2.24) is 4.90 Å². The van der Waals surface area contributed by atoms with Crippen molar-refractivity contribution in [2.45, 2.75) is 12.7 Å². The van der Waals surface area contributed by atoms with Crippen molar-refractivity contribution < 1.29 is 18.0 Å². The first-order valence-corrected chi connectivity index (χ1v) is 7.37. The van der Waals surface area contributed by atoms with E-state index in [1.165, 1.54) is 17.0 Å². The van der Waals surface area contributed by atoms with Crippen LogP contribution in [0.15, 0.2) is 48.5 Å². The summed E-state index contributed by atoms with van der Waals surface area (Å²) >= 11 is 0. The fraction of sp³-hybridized carbons (Fsp3) is 0.278. The lowest BCUT2D eigenvalue weighted by Crippen LogP contribution is -2.26. The number of anilines is 1. The largest absolute Gasteiger partial charge is 0.416 e. The van der Waals surface area contributed by atoms with Gasteiger partial charge in [-0.2, -0.15) is 13.2 Å². The van der Waals surface area contributed by atoms with E-state index in [1.807, 2.05) is 31.1 Å². The van der Waals surface area contributed by atoms with Gasteiger partial charge in [-0.25, -0.2) is 0 Å². The number of carbonyl (C=O) groups is 1. The summed E-state index contributed by atoms with van der Waals surface area (Å²) in [6.07, 6.45) is -4.35. The number of alkyl halides is 3. The Kier molecular flexibility index (Phi) is 5.17. The van der Waals surface area contributed by atoms with Crippen molar-refractivity contribution in [3.05, 3.63) is 65.2 Å². The van der Waals surface area contributed by atoms with Crippen LogP contribution in [0.2, 0.25) is 0 Å². The van der Waals surface area contributed by atoms with Crippen molar-refractivity contribution in [2.24, 2.45) is 0 Å². The first kappa shape index (κ1) is 17.8. The first-order valence-electron chi connectivity index (χ1n) is 7.37. The van der Waals surface area contributed by atoms with Crippen molar-refractivity contribution in [3.8, 4) is 0 Å². The number of nitrogens with zero attached hydrogens (tertiary/aromatic N) is 2. The highest BCUT2D eigenvalue weighted by Gasteiger charge is 2.30. The molecule has 0 bridgehead atoms. The lowest BCUT2D eigenvalue weighted by atomic mass is 10.1. The van der Waals surface area contributed by atoms with Gasteiger partial charge in [-0.1, -0.05) is 12.1 Å². The predicted molar refractivity (Wildman–Crippen MR) is 88.0 cm³/mol. The molecule has 0 aromatic heterocycles. The number of carbonyl (C=O) groups excluding carboxylic acids is 1. The zero-order valence-electron chi connectivity index (χ0n) is 13.8. The maximum Gasteiger partial charge on any atom is 0.416 e. The second-order valence-electron chi connectivity index (χ2n) is 5.80. The minimum atomic E-state index is -4.35. The molecule has 0 saturated carbocycles. The molecular weight excluding hydrogens is 317 g/mol. The zero-order valence-corrected chi connectivity index (χ0v) is 13.8. The van der Waals surface area contributed by atoms with Gasteiger partial charge in [-0.15, -0.1) is 0 Å². The maximum atomic E-state index is 12.6. The third-order valence-electron chi connectivity index (χ3n) is 3.68. The molecule has 6 heteroatoms. The molecule has 0 radical (unpaired) electrons. The fourth-order valence-electron chi connectivity index (χ4n) is 2.27. The summed E-state index contributed by atoms with van der Waals surface area (Å²) in [5.41, 5.74) is 1.47. The highest BCUT2D eigenvalue weighted by molar-refractivity contribution is 5.94. The number of halogens is 3. The van der Waals surface area contributed by atoms with Gasteiger partial charge in [-0.05, 0) is 42.0 Å². The molecule has 2 aromatic rings. The van der Waals surface area contributed by atoms with Gasteiger partial charge < -0.3 is 9.80 Å². The Morgan fingerprint density at radius 2 is 1.46 bits per heavy atom. The molecule has 0 unspecified atom stereocenters. The third kappa shape index (κ3) is 4.28. The van der Waals surface area contributed by atoms with Crippen LogP contribution in [0.5, 0.6) is 0 Å². The van der Waals surface area contributed by atoms with Crippen LogP contribution in [0, 0.1) is 0 Å². The summed E-state index contributed by atoms with van der Waals surface area (Å²) in [6.45, 7) is 0.242. The Hall–Kier alpha value is -2.50. The molecule has 1 amide bonds. The van der Waals surface area contributed by atoms with Crippen molar-refractivity contribution in [2.75, 3.05) is 26.0 Å². The molecule has 0 N–H and O–H groups in total. The van der Waals surface area contributed by atoms with Crippen LogP contribution in [0.1, 0.15) is 21.5 Å². The van der Waals surface area contributed by atoms with E-state index in [1.54, 1.807) is 19.2 Å². The van der Waals surface area contributed by atoms with Crippen LogP contribution in [0.25, 0.3) is 0 Å². The van der Waals surface area contributed by atoms with Crippen LogP contribution in [-0.2, 0) is 12.7 Å². The molecule has 0 aliphatic heterocycles. The van der Waals surface area contributed by atoms with Crippen LogP contribution >= 0.6 is 0 Å². The maximum absolute atomic E-state index is 12.6. The van der Waals surface area contributed by atoms with Crippen LogP contribution in [0.3, 0.4) is 0 Å². The topological polar surface area (TPSA) is 23.6 Å². The summed E-state index contributed by atoms with van der Waals surface area (Å²) in [5.74, 6) is -0.180. The first-order chi connectivity index (χ1) is 11.2. The SMILES string of the molecule is CN(Cc1ccc(C(F)(F)F)cc1)C(=O)c1ccc(N(C)C)cc1. The summed E-state index contributed by atoms with van der Waals surface area (Å²) in [4.78, 5) is 15.8. The average molecular weight is 336 g/mol. The smallest absolute Gasteiger partial charge is 0.378 e. The summed E-state index contributed by atoms with van der Waals surface area (Å²) in [7, 11) is 5.45. The van der Waals surface area contributed by atoms with E-state index in [-0.39, 0.29) is 12.5 Å².